The summed E-state index contributed by atoms with van der Waals surface area (Å²) in [5, 5.41) is 9.40. The number of aromatic nitrogens is 3. The van der Waals surface area contributed by atoms with Gasteiger partial charge in [0.05, 0.1) is 0 Å². The van der Waals surface area contributed by atoms with Crippen molar-refractivity contribution in [2.24, 2.45) is 5.73 Å². The molecule has 0 aliphatic rings. The topological polar surface area (TPSA) is 73.8 Å². The molecule has 0 radical (unpaired) electrons. The van der Waals surface area contributed by atoms with E-state index in [1.165, 1.54) is 11.8 Å². The third-order valence-electron chi connectivity index (χ3n) is 2.50. The fourth-order valence-corrected chi connectivity index (χ4v) is 2.60. The molecule has 0 bridgehead atoms. The summed E-state index contributed by atoms with van der Waals surface area (Å²) in [4.78, 5) is 11.0. The molecule has 0 saturated heterocycles. The van der Waals surface area contributed by atoms with Gasteiger partial charge in [-0.05, 0) is 24.6 Å². The Morgan fingerprint density at radius 3 is 2.68 bits per heavy atom. The van der Waals surface area contributed by atoms with Crippen LogP contribution in [0.4, 0.5) is 0 Å². The number of carbonyl (C=O) groups excluding carboxylic acids is 1. The standard InChI is InChI=1S/C12H13ClN4OS/c1-8-15-16-12(17(8)6-11(14)18)19-7-9-2-4-10(13)5-3-9/h2-5H,6-7H2,1H3,(H2,14,18). The van der Waals surface area contributed by atoms with Crippen LogP contribution in [0.25, 0.3) is 0 Å². The molecule has 7 heteroatoms. The summed E-state index contributed by atoms with van der Waals surface area (Å²) in [5.74, 6) is 1.00. The van der Waals surface area contributed by atoms with Crippen molar-refractivity contribution in [3.8, 4) is 0 Å². The van der Waals surface area contributed by atoms with Crippen LogP contribution in [-0.2, 0) is 17.1 Å². The van der Waals surface area contributed by atoms with Crippen molar-refractivity contribution in [1.29, 1.82) is 0 Å². The van der Waals surface area contributed by atoms with Crippen molar-refractivity contribution in [3.63, 3.8) is 0 Å². The minimum atomic E-state index is -0.406. The van der Waals surface area contributed by atoms with Crippen molar-refractivity contribution in [2.75, 3.05) is 0 Å². The highest BCUT2D eigenvalue weighted by molar-refractivity contribution is 7.98. The average molecular weight is 297 g/mol. The molecular weight excluding hydrogens is 284 g/mol. The van der Waals surface area contributed by atoms with Crippen molar-refractivity contribution in [1.82, 2.24) is 14.8 Å². The molecule has 0 saturated carbocycles. The van der Waals surface area contributed by atoms with Gasteiger partial charge in [-0.15, -0.1) is 10.2 Å². The Kier molecular flexibility index (Phi) is 4.44. The van der Waals surface area contributed by atoms with Crippen LogP contribution in [0.5, 0.6) is 0 Å². The van der Waals surface area contributed by atoms with E-state index < -0.39 is 5.91 Å². The lowest BCUT2D eigenvalue weighted by atomic mass is 10.2. The first-order valence-corrected chi connectivity index (χ1v) is 6.98. The third kappa shape index (κ3) is 3.71. The second-order valence-corrected chi connectivity index (χ2v) is 5.38. The van der Waals surface area contributed by atoms with E-state index >= 15 is 0 Å². The maximum Gasteiger partial charge on any atom is 0.237 e. The summed E-state index contributed by atoms with van der Waals surface area (Å²) in [6.07, 6.45) is 0. The predicted octanol–water partition coefficient (Wildman–Crippen LogP) is 2.02. The number of primary amides is 1. The number of aryl methyl sites for hydroxylation is 1. The SMILES string of the molecule is Cc1nnc(SCc2ccc(Cl)cc2)n1CC(N)=O. The van der Waals surface area contributed by atoms with Crippen LogP contribution in [0.1, 0.15) is 11.4 Å². The second-order valence-electron chi connectivity index (χ2n) is 4.00. The number of amides is 1. The Morgan fingerprint density at radius 2 is 2.05 bits per heavy atom. The molecule has 0 aliphatic carbocycles. The molecule has 0 unspecified atom stereocenters. The van der Waals surface area contributed by atoms with Crippen LogP contribution in [0.2, 0.25) is 5.02 Å². The number of nitrogens with zero attached hydrogens (tertiary/aromatic N) is 3. The Hall–Kier alpha value is -1.53. The van der Waals surface area contributed by atoms with Crippen molar-refractivity contribution in [3.05, 3.63) is 40.7 Å². The van der Waals surface area contributed by atoms with E-state index in [2.05, 4.69) is 10.2 Å². The van der Waals surface area contributed by atoms with Gasteiger partial charge in [0.25, 0.3) is 0 Å². The molecule has 19 heavy (non-hydrogen) atoms. The summed E-state index contributed by atoms with van der Waals surface area (Å²) in [6, 6.07) is 7.60. The molecule has 100 valence electrons. The Labute approximate surface area is 120 Å². The van der Waals surface area contributed by atoms with E-state index in [-0.39, 0.29) is 6.54 Å². The molecule has 1 aromatic carbocycles. The van der Waals surface area contributed by atoms with Gasteiger partial charge < -0.3 is 5.73 Å². The molecule has 0 atom stereocenters. The van der Waals surface area contributed by atoms with Crippen LogP contribution in [-0.4, -0.2) is 20.7 Å². The Bertz CT molecular complexity index is 582. The number of benzene rings is 1. The summed E-state index contributed by atoms with van der Waals surface area (Å²) in [5.41, 5.74) is 6.33. The highest BCUT2D eigenvalue weighted by atomic mass is 35.5. The number of carbonyl (C=O) groups is 1. The Morgan fingerprint density at radius 1 is 1.37 bits per heavy atom. The van der Waals surface area contributed by atoms with Gasteiger partial charge in [-0.1, -0.05) is 35.5 Å². The van der Waals surface area contributed by atoms with E-state index in [9.17, 15) is 4.79 Å². The largest absolute Gasteiger partial charge is 0.368 e. The second kappa shape index (κ2) is 6.08. The molecule has 1 heterocycles. The van der Waals surface area contributed by atoms with Gasteiger partial charge in [-0.2, -0.15) is 0 Å². The third-order valence-corrected chi connectivity index (χ3v) is 3.79. The van der Waals surface area contributed by atoms with Gasteiger partial charge in [0.15, 0.2) is 5.16 Å². The van der Waals surface area contributed by atoms with Crippen LogP contribution in [0.15, 0.2) is 29.4 Å². The van der Waals surface area contributed by atoms with Gasteiger partial charge >= 0.3 is 0 Å². The summed E-state index contributed by atoms with van der Waals surface area (Å²) >= 11 is 7.34. The fraction of sp³-hybridized carbons (Fsp3) is 0.250. The number of hydrogen-bond acceptors (Lipinski definition) is 4. The normalized spacial score (nSPS) is 10.6. The van der Waals surface area contributed by atoms with Crippen molar-refractivity contribution < 1.29 is 4.79 Å². The van der Waals surface area contributed by atoms with E-state index in [4.69, 9.17) is 17.3 Å². The molecule has 1 aromatic heterocycles. The summed E-state index contributed by atoms with van der Waals surface area (Å²) in [7, 11) is 0. The minimum absolute atomic E-state index is 0.0990. The number of thioether (sulfide) groups is 1. The molecule has 0 spiro atoms. The number of hydrogen-bond donors (Lipinski definition) is 1. The molecule has 1 amide bonds. The lowest BCUT2D eigenvalue weighted by Gasteiger charge is -2.05. The number of rotatable bonds is 5. The first-order valence-electron chi connectivity index (χ1n) is 5.61. The molecule has 5 nitrogen and oxygen atoms in total. The van der Waals surface area contributed by atoms with Gasteiger partial charge in [-0.3, -0.25) is 9.36 Å². The van der Waals surface area contributed by atoms with Crippen LogP contribution in [0, 0.1) is 6.92 Å². The molecule has 0 fully saturated rings. The van der Waals surface area contributed by atoms with E-state index in [0.29, 0.717) is 16.0 Å². The van der Waals surface area contributed by atoms with Crippen molar-refractivity contribution in [2.45, 2.75) is 24.4 Å². The predicted molar refractivity (Wildman–Crippen MR) is 75.0 cm³/mol. The van der Waals surface area contributed by atoms with E-state index in [1.54, 1.807) is 11.5 Å². The zero-order valence-electron chi connectivity index (χ0n) is 10.3. The van der Waals surface area contributed by atoms with Crippen LogP contribution in [0.3, 0.4) is 0 Å². The highest BCUT2D eigenvalue weighted by Gasteiger charge is 2.11. The molecule has 2 rings (SSSR count). The number of nitrogens with two attached hydrogens (primary N) is 1. The van der Waals surface area contributed by atoms with Crippen LogP contribution >= 0.6 is 23.4 Å². The minimum Gasteiger partial charge on any atom is -0.368 e. The quantitative estimate of drug-likeness (QED) is 0.857. The van der Waals surface area contributed by atoms with Gasteiger partial charge in [-0.25, -0.2) is 0 Å². The van der Waals surface area contributed by atoms with E-state index in [1.807, 2.05) is 24.3 Å². The summed E-state index contributed by atoms with van der Waals surface area (Å²) < 4.78 is 1.71. The lowest BCUT2D eigenvalue weighted by Crippen LogP contribution is -2.20. The van der Waals surface area contributed by atoms with Gasteiger partial charge in [0.1, 0.15) is 12.4 Å². The molecule has 2 N–H and O–H groups in total. The molecule has 2 aromatic rings. The Balaban J connectivity index is 2.07. The lowest BCUT2D eigenvalue weighted by molar-refractivity contribution is -0.118. The summed E-state index contributed by atoms with van der Waals surface area (Å²) in [6.45, 7) is 1.89. The maximum atomic E-state index is 11.0. The highest BCUT2D eigenvalue weighted by Crippen LogP contribution is 2.22. The van der Waals surface area contributed by atoms with E-state index in [0.717, 1.165) is 11.3 Å². The average Bonchev–Trinajstić information content (AvgIpc) is 2.70. The zero-order chi connectivity index (χ0) is 13.8. The number of halogens is 1. The van der Waals surface area contributed by atoms with Gasteiger partial charge in [0, 0.05) is 10.8 Å². The smallest absolute Gasteiger partial charge is 0.237 e. The zero-order valence-corrected chi connectivity index (χ0v) is 11.9. The molecular formula is C12H13ClN4OS. The van der Waals surface area contributed by atoms with Crippen molar-refractivity contribution >= 4 is 29.3 Å². The molecule has 0 aliphatic heterocycles. The van der Waals surface area contributed by atoms with Crippen LogP contribution < -0.4 is 5.73 Å². The first-order chi connectivity index (χ1) is 9.06. The van der Waals surface area contributed by atoms with Gasteiger partial charge in [0.2, 0.25) is 5.91 Å². The maximum absolute atomic E-state index is 11.0. The monoisotopic (exact) mass is 296 g/mol. The fourth-order valence-electron chi connectivity index (χ4n) is 1.53. The first kappa shape index (κ1) is 13.9.